The highest BCUT2D eigenvalue weighted by molar-refractivity contribution is 6.15. The summed E-state index contributed by atoms with van der Waals surface area (Å²) in [5, 5.41) is 27.2. The second-order valence-electron chi connectivity index (χ2n) is 10.9. The monoisotopic (exact) mass is 596 g/mol. The lowest BCUT2D eigenvalue weighted by molar-refractivity contribution is -0.107. The van der Waals surface area contributed by atoms with Crippen LogP contribution in [0.4, 0.5) is 0 Å². The molecule has 6 aromatic rings. The molecule has 0 aliphatic carbocycles. The summed E-state index contributed by atoms with van der Waals surface area (Å²) in [7, 11) is 3.25. The zero-order valence-electron chi connectivity index (χ0n) is 25.5. The molecule has 0 atom stereocenters. The molecule has 6 aromatic carbocycles. The van der Waals surface area contributed by atoms with Gasteiger partial charge in [0, 0.05) is 54.9 Å². The third kappa shape index (κ3) is 6.64. The Morgan fingerprint density at radius 2 is 1.16 bits per heavy atom. The summed E-state index contributed by atoms with van der Waals surface area (Å²) in [6.45, 7) is 0. The minimum atomic E-state index is 0.0121. The van der Waals surface area contributed by atoms with Gasteiger partial charge in [-0.15, -0.1) is 0 Å². The number of rotatable bonds is 9. The molecule has 0 aliphatic heterocycles. The zero-order chi connectivity index (χ0) is 31.8. The number of ether oxygens (including phenoxy) is 1. The summed E-state index contributed by atoms with van der Waals surface area (Å²) in [6.07, 6.45) is 3.03. The highest BCUT2D eigenvalue weighted by atomic mass is 16.4. The van der Waals surface area contributed by atoms with Crippen LogP contribution in [0.5, 0.6) is 11.5 Å². The van der Waals surface area contributed by atoms with Crippen molar-refractivity contribution < 1.29 is 24.5 Å². The van der Waals surface area contributed by atoms with Gasteiger partial charge in [-0.1, -0.05) is 97.1 Å². The van der Waals surface area contributed by atoms with Crippen LogP contribution in [0.2, 0.25) is 0 Å². The first-order valence-corrected chi connectivity index (χ1v) is 15.0. The minimum Gasteiger partial charge on any atom is -0.507 e. The van der Waals surface area contributed by atoms with Gasteiger partial charge in [0.15, 0.2) is 5.78 Å². The van der Waals surface area contributed by atoms with Gasteiger partial charge in [0.25, 0.3) is 0 Å². The molecular weight excluding hydrogens is 560 g/mol. The topological polar surface area (TPSA) is 83.8 Å². The number of fused-ring (bicyclic) bond motifs is 2. The first kappa shape index (κ1) is 31.2. The molecule has 0 bridgehead atoms. The second kappa shape index (κ2) is 14.5. The minimum absolute atomic E-state index is 0.0121. The lowest BCUT2D eigenvalue weighted by Crippen LogP contribution is -1.99. The second-order valence-corrected chi connectivity index (χ2v) is 10.9. The summed E-state index contributed by atoms with van der Waals surface area (Å²) in [4.78, 5) is 23.8. The molecule has 5 nitrogen and oxygen atoms in total. The average molecular weight is 597 g/mol. The maximum atomic E-state index is 13.1. The molecule has 0 amide bonds. The number of carbonyl (C=O) groups excluding carboxylic acids is 2. The first-order valence-electron chi connectivity index (χ1n) is 15.0. The number of unbranched alkanes of at least 4 members (excludes halogenated alkanes) is 2. The Balaban J connectivity index is 0.00000128. The van der Waals surface area contributed by atoms with Crippen molar-refractivity contribution in [1.29, 1.82) is 0 Å². The van der Waals surface area contributed by atoms with E-state index in [0.29, 0.717) is 53.5 Å². The van der Waals surface area contributed by atoms with Crippen molar-refractivity contribution >= 4 is 33.6 Å². The standard InChI is InChI=1S/C38H30O4.C2H6O/c39-21-11-3-8-18-34(40)28-19-20-31-29(22-28)24-33(26-14-6-2-7-15-26)38(42)36(31)35-30-17-10-9-16-27(30)23-32(37(35)41)25-12-4-1-5-13-25;1-3-2/h1-2,4-7,9-10,12-17,19-24,41-42H,3,8,11,18H2;1-2H3. The van der Waals surface area contributed by atoms with E-state index in [2.05, 4.69) is 4.74 Å². The molecule has 0 heterocycles. The Hall–Kier alpha value is -5.26. The van der Waals surface area contributed by atoms with E-state index in [0.717, 1.165) is 39.0 Å². The van der Waals surface area contributed by atoms with Crippen molar-refractivity contribution in [2.24, 2.45) is 0 Å². The van der Waals surface area contributed by atoms with Crippen LogP contribution >= 0.6 is 0 Å². The third-order valence-electron chi connectivity index (χ3n) is 7.85. The lowest BCUT2D eigenvalue weighted by Gasteiger charge is -2.20. The van der Waals surface area contributed by atoms with Gasteiger partial charge in [-0.25, -0.2) is 0 Å². The van der Waals surface area contributed by atoms with E-state index in [9.17, 15) is 19.8 Å². The molecule has 0 aliphatic rings. The van der Waals surface area contributed by atoms with Crippen molar-refractivity contribution in [3.05, 3.63) is 121 Å². The maximum absolute atomic E-state index is 13.1. The largest absolute Gasteiger partial charge is 0.507 e. The van der Waals surface area contributed by atoms with Crippen molar-refractivity contribution in [3.8, 4) is 44.9 Å². The molecule has 0 saturated heterocycles. The molecule has 0 saturated carbocycles. The Labute approximate surface area is 263 Å². The molecule has 0 aromatic heterocycles. The molecule has 0 spiro atoms. The van der Waals surface area contributed by atoms with Gasteiger partial charge in [-0.3, -0.25) is 4.79 Å². The van der Waals surface area contributed by atoms with Crippen LogP contribution in [0.3, 0.4) is 0 Å². The van der Waals surface area contributed by atoms with Gasteiger partial charge in [0.1, 0.15) is 17.8 Å². The predicted octanol–water partition coefficient (Wildman–Crippen LogP) is 9.61. The van der Waals surface area contributed by atoms with Crippen LogP contribution in [-0.2, 0) is 9.53 Å². The normalized spacial score (nSPS) is 10.8. The van der Waals surface area contributed by atoms with Crippen LogP contribution in [0.1, 0.15) is 36.0 Å². The number of hydrogen-bond acceptors (Lipinski definition) is 5. The number of Topliss-reactive ketones (excluding diaryl/α,β-unsaturated/α-hetero) is 1. The molecule has 0 unspecified atom stereocenters. The Morgan fingerprint density at radius 3 is 1.73 bits per heavy atom. The summed E-state index contributed by atoms with van der Waals surface area (Å²) in [5.74, 6) is 0.155. The van der Waals surface area contributed by atoms with Gasteiger partial charge in [0.05, 0.1) is 0 Å². The molecule has 0 fully saturated rings. The van der Waals surface area contributed by atoms with E-state index >= 15 is 0 Å². The number of ketones is 1. The van der Waals surface area contributed by atoms with Crippen molar-refractivity contribution in [1.82, 2.24) is 0 Å². The molecule has 5 heteroatoms. The van der Waals surface area contributed by atoms with Gasteiger partial charge >= 0.3 is 0 Å². The van der Waals surface area contributed by atoms with Gasteiger partial charge in [0.2, 0.25) is 0 Å². The van der Waals surface area contributed by atoms with Crippen molar-refractivity contribution in [3.63, 3.8) is 0 Å². The van der Waals surface area contributed by atoms with Gasteiger partial charge in [-0.05, 0) is 63.7 Å². The van der Waals surface area contributed by atoms with E-state index in [4.69, 9.17) is 0 Å². The van der Waals surface area contributed by atoms with Gasteiger partial charge in [-0.2, -0.15) is 0 Å². The summed E-state index contributed by atoms with van der Waals surface area (Å²) >= 11 is 0. The van der Waals surface area contributed by atoms with Crippen LogP contribution in [0.15, 0.2) is 115 Å². The fourth-order valence-corrected chi connectivity index (χ4v) is 5.75. The summed E-state index contributed by atoms with van der Waals surface area (Å²) in [6, 6.07) is 36.6. The summed E-state index contributed by atoms with van der Waals surface area (Å²) < 4.78 is 4.25. The third-order valence-corrected chi connectivity index (χ3v) is 7.85. The van der Waals surface area contributed by atoms with E-state index in [1.165, 1.54) is 0 Å². The first-order chi connectivity index (χ1) is 22.0. The van der Waals surface area contributed by atoms with Crippen LogP contribution in [0, 0.1) is 0 Å². The number of phenolic OH excluding ortho intramolecular Hbond substituents is 2. The predicted molar refractivity (Wildman–Crippen MR) is 183 cm³/mol. The Bertz CT molecular complexity index is 1950. The number of aldehydes is 1. The number of benzene rings is 6. The molecule has 6 rings (SSSR count). The number of aromatic hydroxyl groups is 2. The fourth-order valence-electron chi connectivity index (χ4n) is 5.75. The van der Waals surface area contributed by atoms with E-state index in [1.54, 1.807) is 20.3 Å². The smallest absolute Gasteiger partial charge is 0.162 e. The van der Waals surface area contributed by atoms with E-state index in [-0.39, 0.29) is 17.3 Å². The van der Waals surface area contributed by atoms with E-state index in [1.807, 2.05) is 109 Å². The molecule has 226 valence electrons. The summed E-state index contributed by atoms with van der Waals surface area (Å²) in [5.41, 5.74) is 4.62. The van der Waals surface area contributed by atoms with Crippen LogP contribution in [-0.4, -0.2) is 36.5 Å². The van der Waals surface area contributed by atoms with Crippen LogP contribution in [0.25, 0.3) is 54.9 Å². The molecular formula is C40H36O5. The molecule has 0 radical (unpaired) electrons. The molecule has 45 heavy (non-hydrogen) atoms. The fraction of sp³-hybridized carbons (Fsp3) is 0.150. The number of carbonyl (C=O) groups is 2. The van der Waals surface area contributed by atoms with Crippen molar-refractivity contribution in [2.45, 2.75) is 25.7 Å². The highest BCUT2D eigenvalue weighted by Gasteiger charge is 2.23. The number of hydrogen-bond donors (Lipinski definition) is 2. The quantitative estimate of drug-likeness (QED) is 0.0986. The van der Waals surface area contributed by atoms with E-state index < -0.39 is 0 Å². The number of phenols is 2. The maximum Gasteiger partial charge on any atom is 0.162 e. The Kier molecular flexibility index (Phi) is 10.0. The Morgan fingerprint density at radius 1 is 0.644 bits per heavy atom. The highest BCUT2D eigenvalue weighted by Crippen LogP contribution is 2.51. The average Bonchev–Trinajstić information content (AvgIpc) is 3.07. The van der Waals surface area contributed by atoms with Crippen LogP contribution < -0.4 is 0 Å². The lowest BCUT2D eigenvalue weighted by atomic mass is 9.86. The van der Waals surface area contributed by atoms with Crippen molar-refractivity contribution in [2.75, 3.05) is 14.2 Å². The van der Waals surface area contributed by atoms with Gasteiger partial charge < -0.3 is 19.7 Å². The zero-order valence-corrected chi connectivity index (χ0v) is 25.5. The number of methoxy groups -OCH3 is 1. The SMILES string of the molecule is COC.O=CCCCCC(=O)c1ccc2c(-c3c(O)c(-c4ccccc4)cc4ccccc34)c(O)c(-c3ccccc3)cc2c1. The molecule has 2 N–H and O–H groups in total.